The van der Waals surface area contributed by atoms with E-state index in [9.17, 15) is 26.1 Å². The molecule has 0 unspecified atom stereocenters. The van der Waals surface area contributed by atoms with Gasteiger partial charge in [-0.15, -0.1) is 25.2 Å². The minimum Gasteiger partial charge on any atom is -0.489 e. The van der Waals surface area contributed by atoms with Gasteiger partial charge in [0.15, 0.2) is 11.5 Å². The molecule has 0 aliphatic carbocycles. The fraction of sp³-hybridized carbons (Fsp3) is 0.200. The number of para-hydroxylation sites is 2. The smallest absolute Gasteiger partial charge is 0.489 e. The third kappa shape index (κ3) is 7.02. The van der Waals surface area contributed by atoms with Gasteiger partial charge in [-0.2, -0.15) is 0 Å². The van der Waals surface area contributed by atoms with Crippen LogP contribution in [0.1, 0.15) is 0 Å². The van der Waals surface area contributed by atoms with Crippen LogP contribution in [0.25, 0.3) is 0 Å². The number of benzene rings is 1. The number of alkyl halides is 3. The predicted molar refractivity (Wildman–Crippen MR) is 56.8 cm³/mol. The van der Waals surface area contributed by atoms with Crippen LogP contribution in [-0.4, -0.2) is 19.9 Å². The SMILES string of the molecule is C=C(COc1ccccc1OC(F)(F)F)[B-](F)(F)F.[K+]. The molecule has 0 radical (unpaired) electrons. The quantitative estimate of drug-likeness (QED) is 0.592. The van der Waals surface area contributed by atoms with Crippen LogP contribution < -0.4 is 60.9 Å². The molecule has 1 rings (SSSR count). The Bertz CT molecular complexity index is 460. The van der Waals surface area contributed by atoms with E-state index in [-0.39, 0.29) is 51.4 Å². The number of halogens is 6. The summed E-state index contributed by atoms with van der Waals surface area (Å²) in [4.78, 5) is 0. The Morgan fingerprint density at radius 1 is 1.10 bits per heavy atom. The van der Waals surface area contributed by atoms with Gasteiger partial charge in [0.2, 0.25) is 0 Å². The van der Waals surface area contributed by atoms with Crippen LogP contribution in [0.15, 0.2) is 36.3 Å². The molecule has 0 aromatic heterocycles. The second kappa shape index (κ2) is 7.74. The Morgan fingerprint density at radius 2 is 1.60 bits per heavy atom. The van der Waals surface area contributed by atoms with Crippen molar-refractivity contribution in [1.29, 1.82) is 0 Å². The Kier molecular flexibility index (Phi) is 7.68. The molecule has 2 nitrogen and oxygen atoms in total. The Labute approximate surface area is 153 Å². The molecular formula is C10H8BF6KO2. The number of hydrogen-bond donors (Lipinski definition) is 0. The van der Waals surface area contributed by atoms with E-state index in [0.29, 0.717) is 0 Å². The van der Waals surface area contributed by atoms with Crippen LogP contribution in [0.2, 0.25) is 0 Å². The number of hydrogen-bond acceptors (Lipinski definition) is 2. The van der Waals surface area contributed by atoms with Gasteiger partial charge in [0.25, 0.3) is 0 Å². The van der Waals surface area contributed by atoms with Gasteiger partial charge in [0.1, 0.15) is 0 Å². The summed E-state index contributed by atoms with van der Waals surface area (Å²) in [6, 6.07) is 4.54. The van der Waals surface area contributed by atoms with Gasteiger partial charge >= 0.3 is 64.7 Å². The van der Waals surface area contributed by atoms with Gasteiger partial charge in [-0.3, -0.25) is 0 Å². The molecule has 0 saturated carbocycles. The maximum atomic E-state index is 12.2. The predicted octanol–water partition coefficient (Wildman–Crippen LogP) is 0.911. The van der Waals surface area contributed by atoms with Crippen molar-refractivity contribution in [3.63, 3.8) is 0 Å². The Hall–Kier alpha value is -0.159. The molecule has 0 amide bonds. The van der Waals surface area contributed by atoms with E-state index in [0.717, 1.165) is 12.1 Å². The largest absolute Gasteiger partial charge is 1.00 e. The molecule has 1 aromatic carbocycles. The third-order valence-corrected chi connectivity index (χ3v) is 1.95. The van der Waals surface area contributed by atoms with E-state index in [2.05, 4.69) is 16.1 Å². The zero-order valence-electron chi connectivity index (χ0n) is 10.4. The maximum Gasteiger partial charge on any atom is 1.00 e. The summed E-state index contributed by atoms with van der Waals surface area (Å²) < 4.78 is 81.0. The fourth-order valence-corrected chi connectivity index (χ4v) is 1.04. The van der Waals surface area contributed by atoms with Crippen molar-refractivity contribution in [2.24, 2.45) is 0 Å². The van der Waals surface area contributed by atoms with Crippen LogP contribution >= 0.6 is 0 Å². The Balaban J connectivity index is 0.00000361. The minimum atomic E-state index is -5.29. The molecule has 1 aromatic rings. The van der Waals surface area contributed by atoms with E-state index in [4.69, 9.17) is 0 Å². The number of ether oxygens (including phenoxy) is 2. The normalized spacial score (nSPS) is 11.5. The molecule has 0 spiro atoms. The van der Waals surface area contributed by atoms with Crippen LogP contribution in [0.5, 0.6) is 11.5 Å². The monoisotopic (exact) mass is 324 g/mol. The van der Waals surface area contributed by atoms with Crippen molar-refractivity contribution in [3.05, 3.63) is 36.3 Å². The first-order valence-electron chi connectivity index (χ1n) is 4.95. The van der Waals surface area contributed by atoms with Crippen LogP contribution in [0.3, 0.4) is 0 Å². The molecule has 0 saturated heterocycles. The van der Waals surface area contributed by atoms with E-state index in [1.165, 1.54) is 12.1 Å². The van der Waals surface area contributed by atoms with Crippen molar-refractivity contribution in [1.82, 2.24) is 0 Å². The van der Waals surface area contributed by atoms with Crippen molar-refractivity contribution < 1.29 is 87.0 Å². The van der Waals surface area contributed by atoms with Crippen LogP contribution in [-0.2, 0) is 0 Å². The second-order valence-corrected chi connectivity index (χ2v) is 3.52. The van der Waals surface area contributed by atoms with Gasteiger partial charge in [-0.05, 0) is 12.1 Å². The molecule has 20 heavy (non-hydrogen) atoms. The second-order valence-electron chi connectivity index (χ2n) is 3.52. The Morgan fingerprint density at radius 3 is 2.05 bits per heavy atom. The van der Waals surface area contributed by atoms with Crippen molar-refractivity contribution in [2.45, 2.75) is 6.36 Å². The van der Waals surface area contributed by atoms with E-state index in [1.54, 1.807) is 0 Å². The van der Waals surface area contributed by atoms with Crippen molar-refractivity contribution >= 4 is 6.98 Å². The molecule has 0 aliphatic rings. The van der Waals surface area contributed by atoms with Gasteiger partial charge in [0, 0.05) is 0 Å². The zero-order chi connectivity index (χ0) is 14.7. The molecule has 0 bridgehead atoms. The van der Waals surface area contributed by atoms with Gasteiger partial charge in [-0.1, -0.05) is 12.1 Å². The minimum absolute atomic E-state index is 0. The van der Waals surface area contributed by atoms with Crippen LogP contribution in [0, 0.1) is 0 Å². The van der Waals surface area contributed by atoms with Gasteiger partial charge < -0.3 is 22.4 Å². The average molecular weight is 324 g/mol. The fourth-order valence-electron chi connectivity index (χ4n) is 1.04. The maximum absolute atomic E-state index is 12.2. The summed E-state index contributed by atoms with van der Waals surface area (Å²) >= 11 is 0. The van der Waals surface area contributed by atoms with E-state index >= 15 is 0 Å². The molecule has 0 N–H and O–H groups in total. The molecular weight excluding hydrogens is 316 g/mol. The zero-order valence-corrected chi connectivity index (χ0v) is 13.5. The summed E-state index contributed by atoms with van der Waals surface area (Å²) in [5, 5.41) is 0. The molecule has 0 fully saturated rings. The summed E-state index contributed by atoms with van der Waals surface area (Å²) in [5.41, 5.74) is -1.15. The molecule has 10 heteroatoms. The molecule has 106 valence electrons. The summed E-state index contributed by atoms with van der Waals surface area (Å²) in [5.74, 6) is -1.15. The summed E-state index contributed by atoms with van der Waals surface area (Å²) in [6.07, 6.45) is -4.95. The van der Waals surface area contributed by atoms with Crippen LogP contribution in [0.4, 0.5) is 26.1 Å². The first kappa shape index (κ1) is 19.8. The third-order valence-electron chi connectivity index (χ3n) is 1.95. The number of rotatable bonds is 5. The average Bonchev–Trinajstić information content (AvgIpc) is 2.24. The van der Waals surface area contributed by atoms with Crippen molar-refractivity contribution in [2.75, 3.05) is 6.61 Å². The first-order valence-corrected chi connectivity index (χ1v) is 4.95. The van der Waals surface area contributed by atoms with E-state index in [1.807, 2.05) is 0 Å². The van der Waals surface area contributed by atoms with Gasteiger partial charge in [0.05, 0.1) is 6.61 Å². The first-order chi connectivity index (χ1) is 8.59. The van der Waals surface area contributed by atoms with Crippen molar-refractivity contribution in [3.8, 4) is 11.5 Å². The molecule has 0 atom stereocenters. The molecule has 0 heterocycles. The molecule has 0 aliphatic heterocycles. The van der Waals surface area contributed by atoms with Gasteiger partial charge in [-0.25, -0.2) is 0 Å². The topological polar surface area (TPSA) is 18.5 Å². The summed E-state index contributed by atoms with van der Waals surface area (Å²) in [6.45, 7) is -3.49. The standard InChI is InChI=1S/C10H8BF6O2.K/c1-7(11(15,16)17)6-18-8-4-2-3-5-9(8)19-10(12,13)14;/h2-5H,1,6H2;/q-1;+1. The van der Waals surface area contributed by atoms with E-state index < -0.39 is 36.9 Å². The summed E-state index contributed by atoms with van der Waals surface area (Å²) in [7, 11) is 0.